The number of hydrogen-bond donors (Lipinski definition) is 0. The van der Waals surface area contributed by atoms with Crippen molar-refractivity contribution in [3.8, 4) is 0 Å². The van der Waals surface area contributed by atoms with Gasteiger partial charge in [-0.15, -0.1) is 0 Å². The molecule has 0 bridgehead atoms. The van der Waals surface area contributed by atoms with Crippen molar-refractivity contribution >= 4 is 11.9 Å². The van der Waals surface area contributed by atoms with Crippen LogP contribution in [0.25, 0.3) is 0 Å². The summed E-state index contributed by atoms with van der Waals surface area (Å²) < 4.78 is 10.2. The second-order valence-electron chi connectivity index (χ2n) is 5.59. The van der Waals surface area contributed by atoms with Crippen LogP contribution in [0.15, 0.2) is 42.5 Å². The molecule has 0 unspecified atom stereocenters. The molecule has 0 heterocycles. The third-order valence-corrected chi connectivity index (χ3v) is 3.33. The van der Waals surface area contributed by atoms with Gasteiger partial charge in [0.2, 0.25) is 0 Å². The SMILES string of the molecule is C=C(C)C(=O)OCCc1ccc(CCOC(=O)C(=C)C)c(C)c1. The van der Waals surface area contributed by atoms with E-state index in [0.29, 0.717) is 37.2 Å². The third kappa shape index (κ3) is 6.51. The van der Waals surface area contributed by atoms with E-state index in [1.54, 1.807) is 13.8 Å². The molecule has 0 saturated carbocycles. The van der Waals surface area contributed by atoms with Gasteiger partial charge in [-0.2, -0.15) is 0 Å². The molecule has 0 amide bonds. The average molecular weight is 316 g/mol. The van der Waals surface area contributed by atoms with Crippen LogP contribution in [0.5, 0.6) is 0 Å². The number of hydrogen-bond acceptors (Lipinski definition) is 4. The lowest BCUT2D eigenvalue weighted by atomic mass is 10.0. The maximum absolute atomic E-state index is 11.3. The van der Waals surface area contributed by atoms with E-state index in [-0.39, 0.29) is 11.9 Å². The van der Waals surface area contributed by atoms with Crippen molar-refractivity contribution in [1.29, 1.82) is 0 Å². The minimum atomic E-state index is -0.363. The lowest BCUT2D eigenvalue weighted by Crippen LogP contribution is -2.09. The lowest BCUT2D eigenvalue weighted by Gasteiger charge is -2.10. The van der Waals surface area contributed by atoms with Gasteiger partial charge in [-0.25, -0.2) is 9.59 Å². The molecule has 0 aliphatic heterocycles. The molecule has 1 rings (SSSR count). The first-order chi connectivity index (χ1) is 10.8. The number of carbonyl (C=O) groups excluding carboxylic acids is 2. The van der Waals surface area contributed by atoms with Crippen LogP contribution in [0.1, 0.15) is 30.5 Å². The molecule has 0 N–H and O–H groups in total. The second-order valence-corrected chi connectivity index (χ2v) is 5.59. The first-order valence-corrected chi connectivity index (χ1v) is 7.55. The highest BCUT2D eigenvalue weighted by atomic mass is 16.5. The third-order valence-electron chi connectivity index (χ3n) is 3.33. The minimum absolute atomic E-state index is 0.334. The molecule has 0 aromatic heterocycles. The lowest BCUT2D eigenvalue weighted by molar-refractivity contribution is -0.139. The van der Waals surface area contributed by atoms with Crippen molar-refractivity contribution in [3.63, 3.8) is 0 Å². The van der Waals surface area contributed by atoms with Crippen molar-refractivity contribution in [2.75, 3.05) is 13.2 Å². The van der Waals surface area contributed by atoms with Crippen LogP contribution in [0, 0.1) is 6.92 Å². The van der Waals surface area contributed by atoms with E-state index < -0.39 is 0 Å². The summed E-state index contributed by atoms with van der Waals surface area (Å²) in [5.41, 5.74) is 4.16. The van der Waals surface area contributed by atoms with Gasteiger partial charge < -0.3 is 9.47 Å². The predicted octanol–water partition coefficient (Wildman–Crippen LogP) is 3.32. The van der Waals surface area contributed by atoms with Gasteiger partial charge in [-0.05, 0) is 37.5 Å². The monoisotopic (exact) mass is 316 g/mol. The topological polar surface area (TPSA) is 52.6 Å². The molecule has 4 nitrogen and oxygen atoms in total. The molecule has 0 spiro atoms. The molecule has 0 atom stereocenters. The van der Waals surface area contributed by atoms with E-state index in [2.05, 4.69) is 19.2 Å². The van der Waals surface area contributed by atoms with Gasteiger partial charge in [0, 0.05) is 24.0 Å². The highest BCUT2D eigenvalue weighted by Crippen LogP contribution is 2.13. The zero-order chi connectivity index (χ0) is 17.4. The highest BCUT2D eigenvalue weighted by Gasteiger charge is 2.06. The fraction of sp³-hybridized carbons (Fsp3) is 0.368. The fourth-order valence-corrected chi connectivity index (χ4v) is 1.96. The Morgan fingerprint density at radius 3 is 1.96 bits per heavy atom. The Balaban J connectivity index is 2.48. The summed E-state index contributed by atoms with van der Waals surface area (Å²) in [7, 11) is 0. The maximum atomic E-state index is 11.3. The minimum Gasteiger partial charge on any atom is -0.462 e. The number of esters is 2. The Morgan fingerprint density at radius 2 is 1.48 bits per heavy atom. The smallest absolute Gasteiger partial charge is 0.333 e. The van der Waals surface area contributed by atoms with Gasteiger partial charge in [0.15, 0.2) is 0 Å². The molecular weight excluding hydrogens is 292 g/mol. The largest absolute Gasteiger partial charge is 0.462 e. The van der Waals surface area contributed by atoms with Gasteiger partial charge in [-0.1, -0.05) is 31.4 Å². The summed E-state index contributed by atoms with van der Waals surface area (Å²) in [4.78, 5) is 22.6. The van der Waals surface area contributed by atoms with Gasteiger partial charge in [0.1, 0.15) is 0 Å². The molecule has 23 heavy (non-hydrogen) atoms. The first-order valence-electron chi connectivity index (χ1n) is 7.55. The number of ether oxygens (including phenoxy) is 2. The van der Waals surface area contributed by atoms with Crippen LogP contribution in [-0.2, 0) is 31.9 Å². The summed E-state index contributed by atoms with van der Waals surface area (Å²) in [5.74, 6) is -0.726. The number of benzene rings is 1. The number of carbonyl (C=O) groups is 2. The van der Waals surface area contributed by atoms with Crippen LogP contribution >= 0.6 is 0 Å². The van der Waals surface area contributed by atoms with Crippen molar-refractivity contribution in [2.24, 2.45) is 0 Å². The van der Waals surface area contributed by atoms with Gasteiger partial charge in [-0.3, -0.25) is 0 Å². The van der Waals surface area contributed by atoms with E-state index in [1.165, 1.54) is 0 Å². The molecule has 0 fully saturated rings. The summed E-state index contributed by atoms with van der Waals surface area (Å²) in [6.45, 7) is 13.0. The van der Waals surface area contributed by atoms with Gasteiger partial charge >= 0.3 is 11.9 Å². The zero-order valence-electron chi connectivity index (χ0n) is 14.1. The average Bonchev–Trinajstić information content (AvgIpc) is 2.48. The molecule has 124 valence electrons. The molecular formula is C19H24O4. The van der Waals surface area contributed by atoms with Crippen molar-refractivity contribution in [1.82, 2.24) is 0 Å². The Morgan fingerprint density at radius 1 is 0.957 bits per heavy atom. The Hall–Kier alpha value is -2.36. The van der Waals surface area contributed by atoms with Crippen LogP contribution < -0.4 is 0 Å². The van der Waals surface area contributed by atoms with E-state index in [0.717, 1.165) is 16.7 Å². The van der Waals surface area contributed by atoms with Crippen LogP contribution in [0.2, 0.25) is 0 Å². The van der Waals surface area contributed by atoms with Crippen molar-refractivity contribution < 1.29 is 19.1 Å². The van der Waals surface area contributed by atoms with E-state index in [4.69, 9.17) is 9.47 Å². The molecule has 0 radical (unpaired) electrons. The Labute approximate surface area is 137 Å². The molecule has 1 aromatic carbocycles. The van der Waals surface area contributed by atoms with Crippen molar-refractivity contribution in [3.05, 3.63) is 59.2 Å². The fourth-order valence-electron chi connectivity index (χ4n) is 1.96. The Kier molecular flexibility index (Phi) is 7.26. The van der Waals surface area contributed by atoms with Crippen molar-refractivity contribution in [2.45, 2.75) is 33.6 Å². The summed E-state index contributed by atoms with van der Waals surface area (Å²) in [6, 6.07) is 6.07. The Bertz CT molecular complexity index is 614. The number of aryl methyl sites for hydroxylation is 1. The van der Waals surface area contributed by atoms with E-state index in [9.17, 15) is 9.59 Å². The quantitative estimate of drug-likeness (QED) is 0.545. The van der Waals surface area contributed by atoms with Gasteiger partial charge in [0.25, 0.3) is 0 Å². The standard InChI is InChI=1S/C19H24O4/c1-13(2)18(20)22-10-8-16-6-7-17(15(5)12-16)9-11-23-19(21)14(3)4/h6-7,12H,1,3,8-11H2,2,4-5H3. The summed E-state index contributed by atoms with van der Waals surface area (Å²) in [6.07, 6.45) is 1.32. The molecule has 0 aliphatic rings. The highest BCUT2D eigenvalue weighted by molar-refractivity contribution is 5.87. The van der Waals surface area contributed by atoms with Crippen LogP contribution in [0.3, 0.4) is 0 Å². The maximum Gasteiger partial charge on any atom is 0.333 e. The second kappa shape index (κ2) is 8.93. The summed E-state index contributed by atoms with van der Waals surface area (Å²) in [5, 5.41) is 0. The zero-order valence-corrected chi connectivity index (χ0v) is 14.1. The predicted molar refractivity (Wildman–Crippen MR) is 90.1 cm³/mol. The summed E-state index contributed by atoms with van der Waals surface area (Å²) >= 11 is 0. The molecule has 0 aliphatic carbocycles. The van der Waals surface area contributed by atoms with Gasteiger partial charge in [0.05, 0.1) is 13.2 Å². The van der Waals surface area contributed by atoms with E-state index in [1.807, 2.05) is 19.1 Å². The molecule has 1 aromatic rings. The van der Waals surface area contributed by atoms with E-state index >= 15 is 0 Å². The number of rotatable bonds is 8. The normalized spacial score (nSPS) is 10.0. The van der Waals surface area contributed by atoms with Crippen LogP contribution in [-0.4, -0.2) is 25.2 Å². The first kappa shape index (κ1) is 18.7. The van der Waals surface area contributed by atoms with Crippen LogP contribution in [0.4, 0.5) is 0 Å². The molecule has 0 saturated heterocycles. The molecule has 4 heteroatoms.